The van der Waals surface area contributed by atoms with Crippen molar-refractivity contribution in [2.75, 3.05) is 6.61 Å². The number of hydrogen-bond acceptors (Lipinski definition) is 1. The molecule has 1 aliphatic heterocycles. The first-order valence-electron chi connectivity index (χ1n) is 2.99. The molecule has 0 N–H and O–H groups in total. The molecule has 0 aromatic carbocycles. The van der Waals surface area contributed by atoms with Crippen molar-refractivity contribution >= 4 is 0 Å². The van der Waals surface area contributed by atoms with Gasteiger partial charge in [-0.05, 0) is 12.3 Å². The highest BCUT2D eigenvalue weighted by Crippen LogP contribution is 2.43. The molecular weight excluding hydrogens is 88.1 g/mol. The first-order valence-corrected chi connectivity index (χ1v) is 2.99. The third-order valence-electron chi connectivity index (χ3n) is 2.20. The minimum atomic E-state index is 0.681. The number of rotatable bonds is 0. The first kappa shape index (κ1) is 3.90. The van der Waals surface area contributed by atoms with Crippen LogP contribution in [-0.4, -0.2) is 12.7 Å². The molecule has 0 aromatic heterocycles. The van der Waals surface area contributed by atoms with Crippen LogP contribution in [0.15, 0.2) is 0 Å². The molecule has 2 fully saturated rings. The molecule has 2 rings (SSSR count). The van der Waals surface area contributed by atoms with Crippen LogP contribution in [0, 0.1) is 11.8 Å². The fraction of sp³-hybridized carbons (Fsp3) is 1.00. The molecule has 0 amide bonds. The zero-order valence-corrected chi connectivity index (χ0v) is 4.55. The summed E-state index contributed by atoms with van der Waals surface area (Å²) in [5.74, 6) is 1.84. The molecule has 1 heterocycles. The molecule has 7 heavy (non-hydrogen) atoms. The quantitative estimate of drug-likeness (QED) is 0.440. The maximum Gasteiger partial charge on any atom is 0.0651 e. The molecule has 1 nitrogen and oxygen atoms in total. The Labute approximate surface area is 43.7 Å². The Kier molecular flexibility index (Phi) is 0.571. The lowest BCUT2D eigenvalue weighted by atomic mass is 9.70. The van der Waals surface area contributed by atoms with Crippen molar-refractivity contribution in [2.45, 2.75) is 19.4 Å². The van der Waals surface area contributed by atoms with Crippen LogP contribution >= 0.6 is 0 Å². The second-order valence-corrected chi connectivity index (χ2v) is 2.77. The van der Waals surface area contributed by atoms with Crippen molar-refractivity contribution in [3.8, 4) is 0 Å². The summed E-state index contributed by atoms with van der Waals surface area (Å²) in [5, 5.41) is 0. The highest BCUT2D eigenvalue weighted by Gasteiger charge is 2.45. The summed E-state index contributed by atoms with van der Waals surface area (Å²) in [6, 6.07) is 0. The lowest BCUT2D eigenvalue weighted by Crippen LogP contribution is -2.54. The van der Waals surface area contributed by atoms with Crippen LogP contribution in [0.4, 0.5) is 0 Å². The molecule has 0 bridgehead atoms. The number of ether oxygens (including phenoxy) is 1. The van der Waals surface area contributed by atoms with Gasteiger partial charge in [-0.25, -0.2) is 0 Å². The molecular formula is C6H10O. The summed E-state index contributed by atoms with van der Waals surface area (Å²) < 4.78 is 5.24. The van der Waals surface area contributed by atoms with Crippen molar-refractivity contribution in [1.82, 2.24) is 0 Å². The van der Waals surface area contributed by atoms with Gasteiger partial charge in [-0.2, -0.15) is 0 Å². The average Bonchev–Trinajstić information content (AvgIpc) is 1.59. The van der Waals surface area contributed by atoms with Gasteiger partial charge in [0.05, 0.1) is 12.7 Å². The Morgan fingerprint density at radius 1 is 1.57 bits per heavy atom. The van der Waals surface area contributed by atoms with Crippen molar-refractivity contribution in [3.63, 3.8) is 0 Å². The van der Waals surface area contributed by atoms with E-state index >= 15 is 0 Å². The van der Waals surface area contributed by atoms with Crippen LogP contribution in [0.1, 0.15) is 13.3 Å². The summed E-state index contributed by atoms with van der Waals surface area (Å²) in [7, 11) is 0. The molecule has 0 unspecified atom stereocenters. The third kappa shape index (κ3) is 0.325. The van der Waals surface area contributed by atoms with E-state index in [-0.39, 0.29) is 0 Å². The van der Waals surface area contributed by atoms with E-state index in [9.17, 15) is 0 Å². The van der Waals surface area contributed by atoms with Crippen LogP contribution in [0.3, 0.4) is 0 Å². The highest BCUT2D eigenvalue weighted by molar-refractivity contribution is 4.93. The third-order valence-corrected chi connectivity index (χ3v) is 2.20. The zero-order chi connectivity index (χ0) is 4.85. The van der Waals surface area contributed by atoms with Gasteiger partial charge < -0.3 is 4.74 Å². The van der Waals surface area contributed by atoms with E-state index in [2.05, 4.69) is 6.92 Å². The van der Waals surface area contributed by atoms with Gasteiger partial charge in [0.2, 0.25) is 0 Å². The molecule has 3 atom stereocenters. The Bertz CT molecular complexity index is 86.2. The zero-order valence-electron chi connectivity index (χ0n) is 4.55. The second-order valence-electron chi connectivity index (χ2n) is 2.77. The van der Waals surface area contributed by atoms with Gasteiger partial charge in [-0.3, -0.25) is 0 Å². The predicted octanol–water partition coefficient (Wildman–Crippen LogP) is 1.04. The van der Waals surface area contributed by atoms with E-state index in [1.54, 1.807) is 0 Å². The maximum atomic E-state index is 5.24. The summed E-state index contributed by atoms with van der Waals surface area (Å²) in [4.78, 5) is 0. The van der Waals surface area contributed by atoms with Crippen LogP contribution in [0.2, 0.25) is 0 Å². The normalized spacial score (nSPS) is 57.0. The van der Waals surface area contributed by atoms with Crippen molar-refractivity contribution in [2.24, 2.45) is 11.8 Å². The monoisotopic (exact) mass is 98.1 g/mol. The van der Waals surface area contributed by atoms with E-state index in [1.807, 2.05) is 0 Å². The standard InChI is InChI=1S/C6H10O/c1-4-2-5-3-7-6(4)5/h4-6H,2-3H2,1H3/t4-,5+,6+/m0/s1. The smallest absolute Gasteiger partial charge is 0.0651 e. The van der Waals surface area contributed by atoms with E-state index in [1.165, 1.54) is 6.42 Å². The van der Waals surface area contributed by atoms with E-state index in [4.69, 9.17) is 4.74 Å². The molecule has 1 saturated carbocycles. The fourth-order valence-electron chi connectivity index (χ4n) is 1.59. The van der Waals surface area contributed by atoms with Crippen molar-refractivity contribution in [3.05, 3.63) is 0 Å². The van der Waals surface area contributed by atoms with Gasteiger partial charge in [0.25, 0.3) is 0 Å². The SMILES string of the molecule is C[C@H]1C[C@@H]2CO[C@@H]21. The van der Waals surface area contributed by atoms with Gasteiger partial charge in [0.1, 0.15) is 0 Å². The van der Waals surface area contributed by atoms with Crippen molar-refractivity contribution in [1.29, 1.82) is 0 Å². The summed E-state index contributed by atoms with van der Waals surface area (Å²) in [6.45, 7) is 3.31. The van der Waals surface area contributed by atoms with E-state index < -0.39 is 0 Å². The summed E-state index contributed by atoms with van der Waals surface area (Å²) in [6.07, 6.45) is 2.10. The Morgan fingerprint density at radius 2 is 2.43 bits per heavy atom. The van der Waals surface area contributed by atoms with Gasteiger partial charge in [-0.15, -0.1) is 0 Å². The summed E-state index contributed by atoms with van der Waals surface area (Å²) in [5.41, 5.74) is 0. The molecule has 0 radical (unpaired) electrons. The van der Waals surface area contributed by atoms with Crippen LogP contribution < -0.4 is 0 Å². The van der Waals surface area contributed by atoms with Crippen LogP contribution in [0.25, 0.3) is 0 Å². The maximum absolute atomic E-state index is 5.24. The average molecular weight is 98.1 g/mol. The van der Waals surface area contributed by atoms with Gasteiger partial charge in [0.15, 0.2) is 0 Å². The van der Waals surface area contributed by atoms with Crippen LogP contribution in [-0.2, 0) is 4.74 Å². The number of hydrogen-bond donors (Lipinski definition) is 0. The number of fused-ring (bicyclic) bond motifs is 1. The molecule has 40 valence electrons. The van der Waals surface area contributed by atoms with Gasteiger partial charge in [-0.1, -0.05) is 6.92 Å². The fourth-order valence-corrected chi connectivity index (χ4v) is 1.59. The van der Waals surface area contributed by atoms with Crippen molar-refractivity contribution < 1.29 is 4.74 Å². The molecule has 0 spiro atoms. The molecule has 1 heteroatoms. The lowest BCUT2D eigenvalue weighted by Gasteiger charge is -2.51. The Hall–Kier alpha value is -0.0400. The second kappa shape index (κ2) is 1.03. The van der Waals surface area contributed by atoms with E-state index in [0.29, 0.717) is 6.10 Å². The Balaban J connectivity index is 1.99. The molecule has 2 aliphatic rings. The topological polar surface area (TPSA) is 9.23 Å². The summed E-state index contributed by atoms with van der Waals surface area (Å²) >= 11 is 0. The van der Waals surface area contributed by atoms with Crippen LogP contribution in [0.5, 0.6) is 0 Å². The minimum absolute atomic E-state index is 0.681. The molecule has 1 saturated heterocycles. The largest absolute Gasteiger partial charge is 0.377 e. The molecule has 1 aliphatic carbocycles. The first-order chi connectivity index (χ1) is 3.38. The Morgan fingerprint density at radius 3 is 2.43 bits per heavy atom. The highest BCUT2D eigenvalue weighted by atomic mass is 16.5. The lowest BCUT2D eigenvalue weighted by molar-refractivity contribution is -0.208. The van der Waals surface area contributed by atoms with Gasteiger partial charge >= 0.3 is 0 Å². The molecule has 0 aromatic rings. The van der Waals surface area contributed by atoms with E-state index in [0.717, 1.165) is 18.4 Å². The van der Waals surface area contributed by atoms with Gasteiger partial charge in [0, 0.05) is 5.92 Å². The predicted molar refractivity (Wildman–Crippen MR) is 27.0 cm³/mol. The minimum Gasteiger partial charge on any atom is -0.377 e.